The van der Waals surface area contributed by atoms with Gasteiger partial charge >= 0.3 is 0 Å². The number of hydrogen-bond acceptors (Lipinski definition) is 2. The highest BCUT2D eigenvalue weighted by molar-refractivity contribution is 6.30. The zero-order chi connectivity index (χ0) is 12.5. The standard InChI is InChI=1S/C14H18ClFN2/c15-12-3-1-2-11(14(12)16)8-18-7-6-17-13(9-18)10-4-5-10/h1-3,10,13,17H,4-9H2. The Hall–Kier alpha value is -0.640. The largest absolute Gasteiger partial charge is 0.311 e. The van der Waals surface area contributed by atoms with E-state index in [0.717, 1.165) is 25.6 Å². The Balaban J connectivity index is 1.66. The van der Waals surface area contributed by atoms with Crippen molar-refractivity contribution in [2.45, 2.75) is 25.4 Å². The second kappa shape index (κ2) is 5.16. The molecule has 1 unspecified atom stereocenters. The molecule has 1 heterocycles. The maximum absolute atomic E-state index is 13.9. The third kappa shape index (κ3) is 2.68. The Morgan fingerprint density at radius 2 is 2.22 bits per heavy atom. The van der Waals surface area contributed by atoms with Gasteiger partial charge in [-0.25, -0.2) is 4.39 Å². The van der Waals surface area contributed by atoms with Crippen LogP contribution in [0, 0.1) is 11.7 Å². The molecule has 0 radical (unpaired) electrons. The molecule has 1 N–H and O–H groups in total. The van der Waals surface area contributed by atoms with Gasteiger partial charge in [-0.2, -0.15) is 0 Å². The monoisotopic (exact) mass is 268 g/mol. The summed E-state index contributed by atoms with van der Waals surface area (Å²) in [5.74, 6) is 0.581. The first-order valence-corrected chi connectivity index (χ1v) is 7.00. The van der Waals surface area contributed by atoms with Gasteiger partial charge in [-0.3, -0.25) is 4.90 Å². The summed E-state index contributed by atoms with van der Waals surface area (Å²) < 4.78 is 13.9. The highest BCUT2D eigenvalue weighted by Crippen LogP contribution is 2.34. The Kier molecular flexibility index (Phi) is 3.55. The van der Waals surface area contributed by atoms with Gasteiger partial charge in [0.15, 0.2) is 0 Å². The van der Waals surface area contributed by atoms with E-state index in [-0.39, 0.29) is 10.8 Å². The van der Waals surface area contributed by atoms with Gasteiger partial charge in [-0.15, -0.1) is 0 Å². The number of hydrogen-bond donors (Lipinski definition) is 1. The molecule has 2 nitrogen and oxygen atoms in total. The van der Waals surface area contributed by atoms with Crippen LogP contribution in [0.1, 0.15) is 18.4 Å². The number of halogens is 2. The molecule has 1 saturated carbocycles. The lowest BCUT2D eigenvalue weighted by atomic mass is 10.1. The molecule has 0 amide bonds. The van der Waals surface area contributed by atoms with Crippen molar-refractivity contribution in [1.82, 2.24) is 10.2 Å². The van der Waals surface area contributed by atoms with E-state index in [9.17, 15) is 4.39 Å². The fraction of sp³-hybridized carbons (Fsp3) is 0.571. The summed E-state index contributed by atoms with van der Waals surface area (Å²) in [6, 6.07) is 5.85. The van der Waals surface area contributed by atoms with Crippen LogP contribution < -0.4 is 5.32 Å². The summed E-state index contributed by atoms with van der Waals surface area (Å²) in [6.45, 7) is 3.67. The van der Waals surface area contributed by atoms with E-state index in [1.807, 2.05) is 12.1 Å². The minimum absolute atomic E-state index is 0.223. The Morgan fingerprint density at radius 1 is 1.39 bits per heavy atom. The highest BCUT2D eigenvalue weighted by Gasteiger charge is 2.33. The molecule has 1 atom stereocenters. The molecule has 1 aromatic carbocycles. The molecule has 4 heteroatoms. The summed E-state index contributed by atoms with van der Waals surface area (Å²) in [7, 11) is 0. The van der Waals surface area contributed by atoms with Gasteiger partial charge in [0.2, 0.25) is 0 Å². The number of nitrogens with one attached hydrogen (secondary N) is 1. The van der Waals surface area contributed by atoms with E-state index in [1.54, 1.807) is 6.07 Å². The van der Waals surface area contributed by atoms with Gasteiger partial charge in [0, 0.05) is 37.8 Å². The van der Waals surface area contributed by atoms with Crippen molar-refractivity contribution < 1.29 is 4.39 Å². The summed E-state index contributed by atoms with van der Waals surface area (Å²) in [5.41, 5.74) is 0.707. The number of rotatable bonds is 3. The van der Waals surface area contributed by atoms with Gasteiger partial charge in [0.25, 0.3) is 0 Å². The third-order valence-corrected chi connectivity index (χ3v) is 4.20. The molecule has 1 aromatic rings. The van der Waals surface area contributed by atoms with E-state index in [4.69, 9.17) is 11.6 Å². The molecule has 2 aliphatic rings. The van der Waals surface area contributed by atoms with Crippen LogP contribution in [0.3, 0.4) is 0 Å². The summed E-state index contributed by atoms with van der Waals surface area (Å²) in [4.78, 5) is 2.33. The van der Waals surface area contributed by atoms with Crippen LogP contribution in [0.25, 0.3) is 0 Å². The molecule has 1 aliphatic carbocycles. The molecule has 1 saturated heterocycles. The minimum atomic E-state index is -0.263. The SMILES string of the molecule is Fc1c(Cl)cccc1CN1CCNC(C2CC2)C1. The predicted octanol–water partition coefficient (Wildman–Crippen LogP) is 2.66. The number of benzene rings is 1. The van der Waals surface area contributed by atoms with Crippen LogP contribution in [0.2, 0.25) is 5.02 Å². The lowest BCUT2D eigenvalue weighted by Gasteiger charge is -2.34. The van der Waals surface area contributed by atoms with Crippen molar-refractivity contribution in [3.63, 3.8) is 0 Å². The number of nitrogens with zero attached hydrogens (tertiary/aromatic N) is 1. The van der Waals surface area contributed by atoms with Crippen LogP contribution >= 0.6 is 11.6 Å². The van der Waals surface area contributed by atoms with Gasteiger partial charge < -0.3 is 5.32 Å². The van der Waals surface area contributed by atoms with Crippen LogP contribution in [0.15, 0.2) is 18.2 Å². The molecule has 3 rings (SSSR count). The molecule has 0 bridgehead atoms. The van der Waals surface area contributed by atoms with E-state index in [1.165, 1.54) is 12.8 Å². The zero-order valence-electron chi connectivity index (χ0n) is 10.3. The normalized spacial score (nSPS) is 25.3. The van der Waals surface area contributed by atoms with E-state index >= 15 is 0 Å². The van der Waals surface area contributed by atoms with Gasteiger partial charge in [-0.1, -0.05) is 23.7 Å². The molecular weight excluding hydrogens is 251 g/mol. The lowest BCUT2D eigenvalue weighted by Crippen LogP contribution is -2.51. The van der Waals surface area contributed by atoms with E-state index < -0.39 is 0 Å². The van der Waals surface area contributed by atoms with Gasteiger partial charge in [0.1, 0.15) is 5.82 Å². The molecule has 2 fully saturated rings. The quantitative estimate of drug-likeness (QED) is 0.907. The first-order valence-electron chi connectivity index (χ1n) is 6.62. The fourth-order valence-electron chi connectivity index (χ4n) is 2.71. The summed E-state index contributed by atoms with van der Waals surface area (Å²) in [5, 5.41) is 3.78. The minimum Gasteiger partial charge on any atom is -0.311 e. The average Bonchev–Trinajstić information content (AvgIpc) is 3.20. The zero-order valence-corrected chi connectivity index (χ0v) is 11.1. The first-order chi connectivity index (χ1) is 8.74. The van der Waals surface area contributed by atoms with Crippen molar-refractivity contribution in [2.24, 2.45) is 5.92 Å². The Bertz CT molecular complexity index is 434. The molecule has 98 valence electrons. The molecule has 0 aromatic heterocycles. The summed E-state index contributed by atoms with van der Waals surface area (Å²) >= 11 is 5.81. The van der Waals surface area contributed by atoms with Gasteiger partial charge in [-0.05, 0) is 24.8 Å². The average molecular weight is 269 g/mol. The smallest absolute Gasteiger partial charge is 0.146 e. The Labute approximate surface area is 112 Å². The molecular formula is C14H18ClFN2. The van der Waals surface area contributed by atoms with Gasteiger partial charge in [0.05, 0.1) is 5.02 Å². The first kappa shape index (κ1) is 12.4. The maximum atomic E-state index is 13.9. The predicted molar refractivity (Wildman–Crippen MR) is 71.2 cm³/mol. The van der Waals surface area contributed by atoms with Crippen molar-refractivity contribution in [2.75, 3.05) is 19.6 Å². The van der Waals surface area contributed by atoms with Crippen molar-refractivity contribution in [3.05, 3.63) is 34.6 Å². The van der Waals surface area contributed by atoms with Crippen molar-refractivity contribution in [1.29, 1.82) is 0 Å². The lowest BCUT2D eigenvalue weighted by molar-refractivity contribution is 0.180. The Morgan fingerprint density at radius 3 is 3.00 bits per heavy atom. The molecule has 0 spiro atoms. The van der Waals surface area contributed by atoms with Crippen LogP contribution in [-0.4, -0.2) is 30.6 Å². The second-order valence-corrected chi connectivity index (χ2v) is 5.75. The van der Waals surface area contributed by atoms with Crippen molar-refractivity contribution in [3.8, 4) is 0 Å². The topological polar surface area (TPSA) is 15.3 Å². The molecule has 18 heavy (non-hydrogen) atoms. The van der Waals surface area contributed by atoms with E-state index in [2.05, 4.69) is 10.2 Å². The van der Waals surface area contributed by atoms with Crippen LogP contribution in [0.4, 0.5) is 4.39 Å². The highest BCUT2D eigenvalue weighted by atomic mass is 35.5. The maximum Gasteiger partial charge on any atom is 0.146 e. The van der Waals surface area contributed by atoms with Crippen LogP contribution in [-0.2, 0) is 6.54 Å². The third-order valence-electron chi connectivity index (χ3n) is 3.91. The van der Waals surface area contributed by atoms with Crippen LogP contribution in [0.5, 0.6) is 0 Å². The van der Waals surface area contributed by atoms with Crippen molar-refractivity contribution >= 4 is 11.6 Å². The summed E-state index contributed by atoms with van der Waals surface area (Å²) in [6.07, 6.45) is 2.69. The number of piperazine rings is 1. The second-order valence-electron chi connectivity index (χ2n) is 5.35. The van der Waals surface area contributed by atoms with E-state index in [0.29, 0.717) is 18.2 Å². The molecule has 1 aliphatic heterocycles. The fourth-order valence-corrected chi connectivity index (χ4v) is 2.91.